The van der Waals surface area contributed by atoms with Gasteiger partial charge in [0.05, 0.1) is 0 Å². The van der Waals surface area contributed by atoms with E-state index in [1.807, 2.05) is 0 Å². The van der Waals surface area contributed by atoms with Crippen molar-refractivity contribution in [2.75, 3.05) is 13.1 Å². The lowest BCUT2D eigenvalue weighted by Crippen LogP contribution is -2.42. The van der Waals surface area contributed by atoms with Crippen molar-refractivity contribution in [1.29, 1.82) is 0 Å². The third-order valence-electron chi connectivity index (χ3n) is 3.58. The summed E-state index contributed by atoms with van der Waals surface area (Å²) in [6.07, 6.45) is 0.987. The molecule has 108 valence electrons. The molecule has 1 N–H and O–H groups in total. The molecule has 1 aromatic carbocycles. The molecule has 0 saturated carbocycles. The highest BCUT2D eigenvalue weighted by atomic mass is 16.5. The van der Waals surface area contributed by atoms with Crippen LogP contribution in [0.3, 0.4) is 0 Å². The van der Waals surface area contributed by atoms with E-state index in [2.05, 4.69) is 71.1 Å². The number of rotatable bonds is 6. The molecule has 0 saturated heterocycles. The summed E-state index contributed by atoms with van der Waals surface area (Å²) < 4.78 is 6.16. The molecule has 0 spiro atoms. The molecule has 0 aliphatic heterocycles. The predicted molar refractivity (Wildman–Crippen MR) is 83.0 cm³/mol. The smallest absolute Gasteiger partial charge is 0.120 e. The van der Waals surface area contributed by atoms with Gasteiger partial charge in [-0.15, -0.1) is 0 Å². The third-order valence-corrected chi connectivity index (χ3v) is 3.58. The lowest BCUT2D eigenvalue weighted by Gasteiger charge is -2.30. The monoisotopic (exact) mass is 263 g/mol. The van der Waals surface area contributed by atoms with E-state index in [4.69, 9.17) is 4.74 Å². The highest BCUT2D eigenvalue weighted by Crippen LogP contribution is 2.26. The van der Waals surface area contributed by atoms with Gasteiger partial charge in [-0.2, -0.15) is 0 Å². The van der Waals surface area contributed by atoms with Gasteiger partial charge in [-0.25, -0.2) is 0 Å². The largest absolute Gasteiger partial charge is 0.486 e. The Kier molecular flexibility index (Phi) is 5.42. The van der Waals surface area contributed by atoms with E-state index in [-0.39, 0.29) is 11.0 Å². The zero-order valence-electron chi connectivity index (χ0n) is 13.3. The molecule has 0 aliphatic rings. The van der Waals surface area contributed by atoms with Crippen LogP contribution in [0.2, 0.25) is 0 Å². The first-order valence-corrected chi connectivity index (χ1v) is 7.31. The van der Waals surface area contributed by atoms with Gasteiger partial charge in [0.1, 0.15) is 11.4 Å². The molecule has 2 nitrogen and oxygen atoms in total. The molecular formula is C17H29NO. The lowest BCUT2D eigenvalue weighted by molar-refractivity contribution is 0.0841. The second kappa shape index (κ2) is 6.42. The minimum atomic E-state index is -0.140. The van der Waals surface area contributed by atoms with Crippen LogP contribution in [0.4, 0.5) is 0 Å². The summed E-state index contributed by atoms with van der Waals surface area (Å²) >= 11 is 0. The Morgan fingerprint density at radius 1 is 1.00 bits per heavy atom. The molecule has 0 fully saturated rings. The van der Waals surface area contributed by atoms with Crippen LogP contribution in [0.5, 0.6) is 5.75 Å². The second-order valence-electron chi connectivity index (χ2n) is 6.46. The van der Waals surface area contributed by atoms with Crippen LogP contribution in [0.15, 0.2) is 24.3 Å². The lowest BCUT2D eigenvalue weighted by atomic mass is 9.87. The Bertz CT molecular complexity index is 377. The third kappa shape index (κ3) is 4.87. The number of hydrogen-bond acceptors (Lipinski definition) is 2. The molecular weight excluding hydrogens is 234 g/mol. The maximum atomic E-state index is 6.16. The molecule has 1 aromatic rings. The Morgan fingerprint density at radius 3 is 2.00 bits per heavy atom. The van der Waals surface area contributed by atoms with Gasteiger partial charge in [0.25, 0.3) is 0 Å². The van der Waals surface area contributed by atoms with E-state index in [1.54, 1.807) is 0 Å². The number of hydrogen-bond donors (Lipinski definition) is 1. The zero-order valence-corrected chi connectivity index (χ0v) is 13.3. The van der Waals surface area contributed by atoms with Crippen molar-refractivity contribution in [3.8, 4) is 5.75 Å². The van der Waals surface area contributed by atoms with Crippen molar-refractivity contribution >= 4 is 0 Å². The quantitative estimate of drug-likeness (QED) is 0.833. The normalized spacial score (nSPS) is 15.1. The average Bonchev–Trinajstić information content (AvgIpc) is 2.36. The molecule has 1 unspecified atom stereocenters. The molecule has 0 bridgehead atoms. The molecule has 0 aliphatic carbocycles. The van der Waals surface area contributed by atoms with Crippen LogP contribution in [0.25, 0.3) is 0 Å². The summed E-state index contributed by atoms with van der Waals surface area (Å²) in [7, 11) is 0. The van der Waals surface area contributed by atoms with Crippen molar-refractivity contribution in [3.05, 3.63) is 29.8 Å². The zero-order chi connectivity index (χ0) is 14.5. The van der Waals surface area contributed by atoms with Crippen LogP contribution in [0.1, 0.15) is 53.5 Å². The SMILES string of the molecule is CCNCC(C)(CC)Oc1ccc(C(C)(C)C)cc1. The van der Waals surface area contributed by atoms with Crippen molar-refractivity contribution in [2.45, 2.75) is 59.0 Å². The van der Waals surface area contributed by atoms with Crippen molar-refractivity contribution in [2.24, 2.45) is 0 Å². The fourth-order valence-corrected chi connectivity index (χ4v) is 1.93. The maximum absolute atomic E-state index is 6.16. The second-order valence-corrected chi connectivity index (χ2v) is 6.46. The van der Waals surface area contributed by atoms with Crippen LogP contribution >= 0.6 is 0 Å². The van der Waals surface area contributed by atoms with E-state index in [0.29, 0.717) is 0 Å². The van der Waals surface area contributed by atoms with Crippen LogP contribution in [-0.4, -0.2) is 18.7 Å². The molecule has 0 radical (unpaired) electrons. The summed E-state index contributed by atoms with van der Waals surface area (Å²) in [6, 6.07) is 8.50. The van der Waals surface area contributed by atoms with Crippen molar-refractivity contribution in [1.82, 2.24) is 5.32 Å². The molecule has 0 heterocycles. The molecule has 0 amide bonds. The highest BCUT2D eigenvalue weighted by molar-refractivity contribution is 5.31. The molecule has 2 heteroatoms. The van der Waals surface area contributed by atoms with Gasteiger partial charge in [-0.05, 0) is 43.0 Å². The first kappa shape index (κ1) is 16.0. The summed E-state index contributed by atoms with van der Waals surface area (Å²) in [5.74, 6) is 0.954. The van der Waals surface area contributed by atoms with Gasteiger partial charge < -0.3 is 10.1 Å². The van der Waals surface area contributed by atoms with Crippen LogP contribution in [-0.2, 0) is 5.41 Å². The summed E-state index contributed by atoms with van der Waals surface area (Å²) in [6.45, 7) is 15.0. The topological polar surface area (TPSA) is 21.3 Å². The van der Waals surface area contributed by atoms with Crippen LogP contribution in [0, 0.1) is 0 Å². The first-order chi connectivity index (χ1) is 8.80. The number of ether oxygens (including phenoxy) is 1. The van der Waals surface area contributed by atoms with Crippen LogP contribution < -0.4 is 10.1 Å². The van der Waals surface area contributed by atoms with E-state index < -0.39 is 0 Å². The summed E-state index contributed by atoms with van der Waals surface area (Å²) in [5, 5.41) is 3.37. The standard InChI is InChI=1S/C17H29NO/c1-7-17(6,13-18-8-2)19-15-11-9-14(10-12-15)16(3,4)5/h9-12,18H,7-8,13H2,1-6H3. The summed E-state index contributed by atoms with van der Waals surface area (Å²) in [5.41, 5.74) is 1.39. The first-order valence-electron chi connectivity index (χ1n) is 7.31. The molecule has 19 heavy (non-hydrogen) atoms. The van der Waals surface area contributed by atoms with Crippen molar-refractivity contribution in [3.63, 3.8) is 0 Å². The minimum absolute atomic E-state index is 0.140. The fraction of sp³-hybridized carbons (Fsp3) is 0.647. The number of likely N-dealkylation sites (N-methyl/N-ethyl adjacent to an activating group) is 1. The van der Waals surface area contributed by atoms with E-state index in [1.165, 1.54) is 5.56 Å². The van der Waals surface area contributed by atoms with Gasteiger partial charge >= 0.3 is 0 Å². The van der Waals surface area contributed by atoms with Gasteiger partial charge in [0.2, 0.25) is 0 Å². The Labute approximate surface area is 118 Å². The Morgan fingerprint density at radius 2 is 1.58 bits per heavy atom. The van der Waals surface area contributed by atoms with E-state index in [0.717, 1.165) is 25.3 Å². The highest BCUT2D eigenvalue weighted by Gasteiger charge is 2.23. The minimum Gasteiger partial charge on any atom is -0.486 e. The van der Waals surface area contributed by atoms with Gasteiger partial charge in [0, 0.05) is 6.54 Å². The Hall–Kier alpha value is -1.02. The molecule has 1 rings (SSSR count). The number of benzene rings is 1. The maximum Gasteiger partial charge on any atom is 0.120 e. The van der Waals surface area contributed by atoms with Gasteiger partial charge in [0.15, 0.2) is 0 Å². The molecule has 0 aromatic heterocycles. The van der Waals surface area contributed by atoms with Gasteiger partial charge in [-0.3, -0.25) is 0 Å². The Balaban J connectivity index is 2.76. The fourth-order valence-electron chi connectivity index (χ4n) is 1.93. The van der Waals surface area contributed by atoms with E-state index >= 15 is 0 Å². The molecule has 1 atom stereocenters. The predicted octanol–water partition coefficient (Wildman–Crippen LogP) is 4.14. The average molecular weight is 263 g/mol. The van der Waals surface area contributed by atoms with E-state index in [9.17, 15) is 0 Å². The number of nitrogens with one attached hydrogen (secondary N) is 1. The van der Waals surface area contributed by atoms with Gasteiger partial charge in [-0.1, -0.05) is 46.8 Å². The van der Waals surface area contributed by atoms with Crippen molar-refractivity contribution < 1.29 is 4.74 Å². The summed E-state index contributed by atoms with van der Waals surface area (Å²) in [4.78, 5) is 0.